The Kier molecular flexibility index (Phi) is 2.74. The average Bonchev–Trinajstić information content (AvgIpc) is 2.28. The van der Waals surface area contributed by atoms with Gasteiger partial charge in [0, 0.05) is 16.3 Å². The first-order valence-corrected chi connectivity index (χ1v) is 5.24. The standard InChI is InChI=1S/C13H11ClO/c1-9(8-15)10-4-2-6-12-11(10)5-3-7-13(12)14/h2-9H,1H3. The van der Waals surface area contributed by atoms with Gasteiger partial charge in [-0.2, -0.15) is 0 Å². The Labute approximate surface area is 93.7 Å². The van der Waals surface area contributed by atoms with Crippen LogP contribution in [0.1, 0.15) is 18.4 Å². The molecule has 0 amide bonds. The highest BCUT2D eigenvalue weighted by molar-refractivity contribution is 6.35. The number of aldehydes is 1. The molecule has 0 spiro atoms. The molecule has 76 valence electrons. The van der Waals surface area contributed by atoms with Crippen molar-refractivity contribution in [3.63, 3.8) is 0 Å². The molecule has 2 rings (SSSR count). The molecule has 0 aromatic heterocycles. The van der Waals surface area contributed by atoms with Crippen LogP contribution in [0, 0.1) is 0 Å². The van der Waals surface area contributed by atoms with Gasteiger partial charge in [0.1, 0.15) is 6.29 Å². The zero-order valence-electron chi connectivity index (χ0n) is 8.41. The van der Waals surface area contributed by atoms with Crippen LogP contribution in [0.25, 0.3) is 10.8 Å². The van der Waals surface area contributed by atoms with Crippen LogP contribution in [0.5, 0.6) is 0 Å². The van der Waals surface area contributed by atoms with Crippen molar-refractivity contribution < 1.29 is 4.79 Å². The molecule has 0 aliphatic carbocycles. The maximum atomic E-state index is 10.8. The minimum Gasteiger partial charge on any atom is -0.303 e. The van der Waals surface area contributed by atoms with Crippen molar-refractivity contribution >= 4 is 28.7 Å². The molecule has 0 aliphatic rings. The Morgan fingerprint density at radius 3 is 2.53 bits per heavy atom. The molecule has 0 radical (unpaired) electrons. The quantitative estimate of drug-likeness (QED) is 0.701. The Morgan fingerprint density at radius 1 is 1.13 bits per heavy atom. The van der Waals surface area contributed by atoms with E-state index in [9.17, 15) is 4.79 Å². The van der Waals surface area contributed by atoms with Gasteiger partial charge in [-0.25, -0.2) is 0 Å². The van der Waals surface area contributed by atoms with Crippen molar-refractivity contribution in [3.05, 3.63) is 47.0 Å². The van der Waals surface area contributed by atoms with Gasteiger partial charge in [-0.05, 0) is 17.0 Å². The number of fused-ring (bicyclic) bond motifs is 1. The molecule has 1 atom stereocenters. The molecule has 0 heterocycles. The van der Waals surface area contributed by atoms with E-state index in [1.165, 1.54) is 0 Å². The SMILES string of the molecule is CC(C=O)c1cccc2c(Cl)cccc12. The second-order valence-corrected chi connectivity index (χ2v) is 4.01. The van der Waals surface area contributed by atoms with Crippen LogP contribution in [-0.2, 0) is 4.79 Å². The maximum Gasteiger partial charge on any atom is 0.127 e. The minimum absolute atomic E-state index is 0.0906. The minimum atomic E-state index is -0.0906. The summed E-state index contributed by atoms with van der Waals surface area (Å²) in [5.41, 5.74) is 1.03. The fourth-order valence-electron chi connectivity index (χ4n) is 1.77. The van der Waals surface area contributed by atoms with E-state index < -0.39 is 0 Å². The van der Waals surface area contributed by atoms with E-state index in [1.54, 1.807) is 0 Å². The molecule has 1 unspecified atom stereocenters. The van der Waals surface area contributed by atoms with Crippen molar-refractivity contribution in [1.82, 2.24) is 0 Å². The third-order valence-corrected chi connectivity index (χ3v) is 2.93. The zero-order valence-corrected chi connectivity index (χ0v) is 9.16. The molecule has 0 N–H and O–H groups in total. The van der Waals surface area contributed by atoms with Gasteiger partial charge in [0.15, 0.2) is 0 Å². The molecule has 2 aromatic carbocycles. The Morgan fingerprint density at radius 2 is 1.80 bits per heavy atom. The molecule has 2 heteroatoms. The van der Waals surface area contributed by atoms with E-state index in [2.05, 4.69) is 0 Å². The fourth-order valence-corrected chi connectivity index (χ4v) is 2.00. The van der Waals surface area contributed by atoms with Gasteiger partial charge in [0.2, 0.25) is 0 Å². The van der Waals surface area contributed by atoms with Gasteiger partial charge >= 0.3 is 0 Å². The average molecular weight is 219 g/mol. The molecule has 15 heavy (non-hydrogen) atoms. The van der Waals surface area contributed by atoms with Gasteiger partial charge in [-0.1, -0.05) is 48.9 Å². The van der Waals surface area contributed by atoms with E-state index >= 15 is 0 Å². The molecular weight excluding hydrogens is 208 g/mol. The van der Waals surface area contributed by atoms with Crippen LogP contribution >= 0.6 is 11.6 Å². The van der Waals surface area contributed by atoms with E-state index in [0.717, 1.165) is 27.6 Å². The lowest BCUT2D eigenvalue weighted by Gasteiger charge is -2.09. The van der Waals surface area contributed by atoms with E-state index in [4.69, 9.17) is 11.6 Å². The molecular formula is C13H11ClO. The first kappa shape index (κ1) is 10.2. The largest absolute Gasteiger partial charge is 0.303 e. The number of hydrogen-bond donors (Lipinski definition) is 0. The zero-order chi connectivity index (χ0) is 10.8. The van der Waals surface area contributed by atoms with E-state index in [0.29, 0.717) is 0 Å². The van der Waals surface area contributed by atoms with Crippen LogP contribution < -0.4 is 0 Å². The molecule has 0 aliphatic heterocycles. The highest BCUT2D eigenvalue weighted by atomic mass is 35.5. The summed E-state index contributed by atoms with van der Waals surface area (Å²) in [4.78, 5) is 10.8. The summed E-state index contributed by atoms with van der Waals surface area (Å²) in [5.74, 6) is -0.0906. The van der Waals surface area contributed by atoms with Crippen molar-refractivity contribution in [1.29, 1.82) is 0 Å². The summed E-state index contributed by atoms with van der Waals surface area (Å²) in [6.45, 7) is 1.89. The lowest BCUT2D eigenvalue weighted by molar-refractivity contribution is -0.108. The number of carbonyl (C=O) groups is 1. The highest BCUT2D eigenvalue weighted by Crippen LogP contribution is 2.29. The molecule has 0 fully saturated rings. The predicted molar refractivity (Wildman–Crippen MR) is 63.4 cm³/mol. The Balaban J connectivity index is 2.76. The first-order valence-electron chi connectivity index (χ1n) is 4.86. The molecule has 0 bridgehead atoms. The van der Waals surface area contributed by atoms with E-state index in [1.807, 2.05) is 43.3 Å². The number of rotatable bonds is 2. The van der Waals surface area contributed by atoms with Gasteiger partial charge < -0.3 is 4.79 Å². The van der Waals surface area contributed by atoms with Crippen molar-refractivity contribution in [3.8, 4) is 0 Å². The second-order valence-electron chi connectivity index (χ2n) is 3.61. The third kappa shape index (κ3) is 1.75. The number of benzene rings is 2. The normalized spacial score (nSPS) is 12.7. The summed E-state index contributed by atoms with van der Waals surface area (Å²) in [6, 6.07) is 11.6. The molecule has 2 aromatic rings. The predicted octanol–water partition coefficient (Wildman–Crippen LogP) is 3.80. The summed E-state index contributed by atoms with van der Waals surface area (Å²) in [7, 11) is 0. The lowest BCUT2D eigenvalue weighted by Crippen LogP contribution is -1.95. The van der Waals surface area contributed by atoms with Gasteiger partial charge in [0.25, 0.3) is 0 Å². The Hall–Kier alpha value is -1.34. The highest BCUT2D eigenvalue weighted by Gasteiger charge is 2.08. The summed E-state index contributed by atoms with van der Waals surface area (Å²) in [5, 5.41) is 2.79. The van der Waals surface area contributed by atoms with Gasteiger partial charge in [0.05, 0.1) is 0 Å². The van der Waals surface area contributed by atoms with Crippen LogP contribution in [0.15, 0.2) is 36.4 Å². The molecule has 1 nitrogen and oxygen atoms in total. The topological polar surface area (TPSA) is 17.1 Å². The Bertz CT molecular complexity index is 505. The van der Waals surface area contributed by atoms with E-state index in [-0.39, 0.29) is 5.92 Å². The summed E-state index contributed by atoms with van der Waals surface area (Å²) in [6.07, 6.45) is 0.954. The number of halogens is 1. The second kappa shape index (κ2) is 4.03. The lowest BCUT2D eigenvalue weighted by atomic mass is 9.96. The summed E-state index contributed by atoms with van der Waals surface area (Å²) < 4.78 is 0. The first-order chi connectivity index (χ1) is 7.24. The fraction of sp³-hybridized carbons (Fsp3) is 0.154. The van der Waals surface area contributed by atoms with Gasteiger partial charge in [-0.3, -0.25) is 0 Å². The van der Waals surface area contributed by atoms with Crippen LogP contribution in [0.4, 0.5) is 0 Å². The summed E-state index contributed by atoms with van der Waals surface area (Å²) >= 11 is 6.09. The van der Waals surface area contributed by atoms with Crippen LogP contribution in [0.2, 0.25) is 5.02 Å². The number of hydrogen-bond acceptors (Lipinski definition) is 1. The van der Waals surface area contributed by atoms with Crippen LogP contribution in [-0.4, -0.2) is 6.29 Å². The van der Waals surface area contributed by atoms with Crippen molar-refractivity contribution in [2.24, 2.45) is 0 Å². The van der Waals surface area contributed by atoms with Gasteiger partial charge in [-0.15, -0.1) is 0 Å². The van der Waals surface area contributed by atoms with Crippen LogP contribution in [0.3, 0.4) is 0 Å². The van der Waals surface area contributed by atoms with Crippen molar-refractivity contribution in [2.45, 2.75) is 12.8 Å². The van der Waals surface area contributed by atoms with Crippen molar-refractivity contribution in [2.75, 3.05) is 0 Å². The monoisotopic (exact) mass is 218 g/mol. The molecule has 0 saturated heterocycles. The number of carbonyl (C=O) groups excluding carboxylic acids is 1. The third-order valence-electron chi connectivity index (χ3n) is 2.60. The molecule has 0 saturated carbocycles. The maximum absolute atomic E-state index is 10.8. The smallest absolute Gasteiger partial charge is 0.127 e.